The Bertz CT molecular complexity index is 1910. The topological polar surface area (TPSA) is 341 Å². The van der Waals surface area contributed by atoms with Crippen molar-refractivity contribution in [3.8, 4) is 0 Å². The van der Waals surface area contributed by atoms with Gasteiger partial charge < -0.3 is 62.1 Å². The molecule has 12 N–H and O–H groups in total. The molecule has 7 heterocycles. The number of fused-ring (bicyclic) bond motifs is 1. The van der Waals surface area contributed by atoms with E-state index in [2.05, 4.69) is 24.9 Å². The van der Waals surface area contributed by atoms with Gasteiger partial charge in [-0.15, -0.1) is 0 Å². The van der Waals surface area contributed by atoms with Gasteiger partial charge in [-0.05, 0) is 36.6 Å². The Kier molecular flexibility index (Phi) is 12.1. The molecule has 0 aliphatic carbocycles. The van der Waals surface area contributed by atoms with Crippen molar-refractivity contribution in [2.24, 2.45) is 0 Å². The minimum absolute atomic E-state index is 0.0176. The molecule has 51 heavy (non-hydrogen) atoms. The molecule has 0 unspecified atom stereocenters. The smallest absolute Gasteiger partial charge is 0.351 e. The third kappa shape index (κ3) is 8.41. The van der Waals surface area contributed by atoms with Gasteiger partial charge in [-0.1, -0.05) is 0 Å². The van der Waals surface area contributed by atoms with Crippen LogP contribution in [-0.2, 0) is 14.2 Å². The van der Waals surface area contributed by atoms with Gasteiger partial charge in [-0.25, -0.2) is 14.6 Å². The zero-order chi connectivity index (χ0) is 37.0. The lowest BCUT2D eigenvalue weighted by atomic mass is 10.1. The molecule has 22 nitrogen and oxygen atoms in total. The van der Waals surface area contributed by atoms with Crippen LogP contribution in [-0.4, -0.2) is 126 Å². The predicted octanol–water partition coefficient (Wildman–Crippen LogP) is -3.36. The largest absolute Gasteiger partial charge is 0.394 e. The standard InChI is InChI=1S/C10H12ClN5O3.C9H13N3O5.C9H13N3O3/c11-10-14-8(12)7-9(15-10)16(3-13-7)6-1-4(18)5(2-17)19-6;10-5-1-2-12(9(16)11-5)8-7(15)6(14)4(3-13)17-8;10-7-3-4-12(9(14)11-7)8-2-1-6(5-13)15-8/h3-6,17-18H,1-2H2,(H2,12,14,15);1-2,4,6-8,13-15H,3H2,(H2,10,11,16);3-4,6,8,13H,1-2,5H2,(H2,10,11,14)/t4-,5+,6+;4-,6-,7+,8-;6-,8+/m010/s1. The van der Waals surface area contributed by atoms with Crippen LogP contribution in [0.4, 0.5) is 17.5 Å². The van der Waals surface area contributed by atoms with Crippen molar-refractivity contribution < 1.29 is 44.8 Å². The van der Waals surface area contributed by atoms with E-state index in [1.165, 1.54) is 23.2 Å². The third-order valence-corrected chi connectivity index (χ3v) is 8.38. The summed E-state index contributed by atoms with van der Waals surface area (Å²) >= 11 is 5.77. The minimum atomic E-state index is -1.31. The van der Waals surface area contributed by atoms with Gasteiger partial charge in [0.05, 0.1) is 38.4 Å². The number of aromatic nitrogens is 8. The third-order valence-electron chi connectivity index (χ3n) is 8.21. The zero-order valence-corrected chi connectivity index (χ0v) is 27.5. The molecular weight excluding hydrogens is 702 g/mol. The number of ether oxygens (including phenoxy) is 3. The van der Waals surface area contributed by atoms with Crippen molar-refractivity contribution in [1.29, 1.82) is 0 Å². The number of nitrogens with two attached hydrogens (primary N) is 3. The first kappa shape index (κ1) is 37.9. The number of hydrogen-bond acceptors (Lipinski definition) is 19. The van der Waals surface area contributed by atoms with Crippen LogP contribution in [0.5, 0.6) is 0 Å². The Morgan fingerprint density at radius 1 is 0.765 bits per heavy atom. The quantitative estimate of drug-likeness (QED) is 0.0871. The average molecular weight is 740 g/mol. The first-order chi connectivity index (χ1) is 24.3. The maximum absolute atomic E-state index is 11.5. The first-order valence-corrected chi connectivity index (χ1v) is 15.9. The van der Waals surface area contributed by atoms with E-state index in [-0.39, 0.29) is 48.3 Å². The molecule has 0 amide bonds. The van der Waals surface area contributed by atoms with E-state index in [9.17, 15) is 24.9 Å². The fourth-order valence-corrected chi connectivity index (χ4v) is 5.74. The second kappa shape index (κ2) is 16.3. The molecule has 4 aromatic rings. The molecule has 23 heteroatoms. The summed E-state index contributed by atoms with van der Waals surface area (Å²) in [6, 6.07) is 2.92. The highest BCUT2D eigenvalue weighted by Crippen LogP contribution is 2.32. The van der Waals surface area contributed by atoms with E-state index in [0.29, 0.717) is 24.0 Å². The summed E-state index contributed by atoms with van der Waals surface area (Å²) in [5.41, 5.74) is 16.2. The molecule has 0 aromatic carbocycles. The molecule has 3 fully saturated rings. The molecule has 4 aromatic heterocycles. The van der Waals surface area contributed by atoms with Crippen molar-refractivity contribution in [1.82, 2.24) is 38.6 Å². The first-order valence-electron chi connectivity index (χ1n) is 15.5. The molecule has 0 bridgehead atoms. The number of nitrogen functional groups attached to an aromatic ring is 3. The van der Waals surface area contributed by atoms with Crippen molar-refractivity contribution in [2.75, 3.05) is 37.0 Å². The van der Waals surface area contributed by atoms with Crippen LogP contribution in [0.1, 0.15) is 37.9 Å². The van der Waals surface area contributed by atoms with Gasteiger partial charge in [0.15, 0.2) is 17.7 Å². The molecule has 278 valence electrons. The number of rotatable bonds is 6. The highest BCUT2D eigenvalue weighted by atomic mass is 35.5. The Balaban J connectivity index is 0.000000149. The summed E-state index contributed by atoms with van der Waals surface area (Å²) in [6.45, 7) is -0.721. The lowest BCUT2D eigenvalue weighted by Gasteiger charge is -2.16. The molecule has 0 spiro atoms. The zero-order valence-electron chi connectivity index (χ0n) is 26.7. The van der Waals surface area contributed by atoms with Gasteiger partial charge in [0.2, 0.25) is 5.28 Å². The highest BCUT2D eigenvalue weighted by Gasteiger charge is 2.43. The highest BCUT2D eigenvalue weighted by molar-refractivity contribution is 6.28. The SMILES string of the molecule is Nc1ccn([C@@H]2O[C@H](CO)[C@@H](O)[C@@H]2O)c(=O)n1.Nc1ccn([C@H]2CC[C@@H](CO)O2)c(=O)n1.Nc1nc(Cl)nc2c1ncn2[C@H]1C[C@H](O)[C@@H](CO)O1. The maximum Gasteiger partial charge on any atom is 0.351 e. The molecule has 3 aliphatic rings. The second-order valence-corrected chi connectivity index (χ2v) is 11.9. The number of aliphatic hydroxyl groups is 6. The van der Waals surface area contributed by atoms with E-state index < -0.39 is 61.0 Å². The Morgan fingerprint density at radius 2 is 1.41 bits per heavy atom. The van der Waals surface area contributed by atoms with Crippen LogP contribution in [0.2, 0.25) is 5.28 Å². The van der Waals surface area contributed by atoms with E-state index in [4.69, 9.17) is 58.3 Å². The Labute approximate surface area is 292 Å². The van der Waals surface area contributed by atoms with Crippen LogP contribution in [0.25, 0.3) is 11.2 Å². The molecular formula is C28H38ClN11O11. The van der Waals surface area contributed by atoms with Gasteiger partial charge in [0.25, 0.3) is 0 Å². The van der Waals surface area contributed by atoms with Crippen molar-refractivity contribution in [3.05, 3.63) is 57.1 Å². The van der Waals surface area contributed by atoms with Crippen LogP contribution >= 0.6 is 11.6 Å². The molecule has 0 saturated carbocycles. The van der Waals surface area contributed by atoms with E-state index >= 15 is 0 Å². The van der Waals surface area contributed by atoms with Crippen molar-refractivity contribution in [2.45, 2.75) is 74.6 Å². The van der Waals surface area contributed by atoms with Gasteiger partial charge >= 0.3 is 11.4 Å². The molecule has 7 rings (SSSR count). The van der Waals surface area contributed by atoms with Crippen molar-refractivity contribution >= 4 is 40.2 Å². The lowest BCUT2D eigenvalue weighted by Crippen LogP contribution is -2.36. The predicted molar refractivity (Wildman–Crippen MR) is 175 cm³/mol. The maximum atomic E-state index is 11.5. The van der Waals surface area contributed by atoms with Gasteiger partial charge in [0, 0.05) is 18.8 Å². The second-order valence-electron chi connectivity index (χ2n) is 11.6. The van der Waals surface area contributed by atoms with Gasteiger partial charge in [0.1, 0.15) is 54.0 Å². The van der Waals surface area contributed by atoms with Crippen LogP contribution in [0, 0.1) is 0 Å². The number of aliphatic hydroxyl groups excluding tert-OH is 6. The minimum Gasteiger partial charge on any atom is -0.394 e. The number of imidazole rings is 1. The molecule has 0 radical (unpaired) electrons. The van der Waals surface area contributed by atoms with E-state index in [0.717, 1.165) is 11.0 Å². The Morgan fingerprint density at radius 3 is 1.96 bits per heavy atom. The fourth-order valence-electron chi connectivity index (χ4n) is 5.57. The number of nitrogens with zero attached hydrogens (tertiary/aromatic N) is 8. The number of hydrogen-bond donors (Lipinski definition) is 9. The lowest BCUT2D eigenvalue weighted by molar-refractivity contribution is -0.0549. The molecule has 3 saturated heterocycles. The summed E-state index contributed by atoms with van der Waals surface area (Å²) in [4.78, 5) is 42.0. The van der Waals surface area contributed by atoms with Crippen LogP contribution in [0.15, 0.2) is 40.4 Å². The molecule has 3 aliphatic heterocycles. The van der Waals surface area contributed by atoms with Crippen molar-refractivity contribution in [3.63, 3.8) is 0 Å². The average Bonchev–Trinajstić information content (AvgIpc) is 3.88. The normalized spacial score (nSPS) is 28.6. The van der Waals surface area contributed by atoms with Gasteiger partial charge in [-0.3, -0.25) is 13.7 Å². The summed E-state index contributed by atoms with van der Waals surface area (Å²) in [5.74, 6) is 0.442. The fraction of sp³-hybridized carbons (Fsp3) is 0.536. The van der Waals surface area contributed by atoms with Crippen LogP contribution in [0.3, 0.4) is 0 Å². The number of anilines is 3. The summed E-state index contributed by atoms with van der Waals surface area (Å²) < 4.78 is 20.2. The monoisotopic (exact) mass is 739 g/mol. The Hall–Kier alpha value is -4.36. The number of halogens is 1. The van der Waals surface area contributed by atoms with E-state index in [1.807, 2.05) is 0 Å². The molecule has 9 atom stereocenters. The summed E-state index contributed by atoms with van der Waals surface area (Å²) in [7, 11) is 0. The summed E-state index contributed by atoms with van der Waals surface area (Å²) in [6.07, 6.45) is -0.744. The summed E-state index contributed by atoms with van der Waals surface area (Å²) in [5, 5.41) is 55.9. The van der Waals surface area contributed by atoms with Crippen LogP contribution < -0.4 is 28.6 Å². The van der Waals surface area contributed by atoms with Gasteiger partial charge in [-0.2, -0.15) is 19.9 Å². The van der Waals surface area contributed by atoms with E-state index in [1.54, 1.807) is 16.8 Å².